The first-order valence-electron chi connectivity index (χ1n) is 27.1. The summed E-state index contributed by atoms with van der Waals surface area (Å²) in [5.41, 5.74) is 12.1. The van der Waals surface area contributed by atoms with Crippen LogP contribution < -0.4 is 26.6 Å². The molecule has 4 heterocycles. The standard InChI is InChI=1S/C33H38ClF2N3.C28H40F2N6/c1-4-9-22-13-14-26(21(3)37)29(32(22)36)30-28-20(2)33(24-10-6-5-7-11-24,17-23(28)16-27(35)31(30)34)19-39-25-12-8-15-38-18-25;1-6-31-20(3)8-13-33(4)28-23-18-24(29)25(26(30)27(23)34(5)32-28)22-11-16-36(17-12-22)19-21-9-14-35(7-2)15-10-21/h5-7,10-11,13-14,16,20,25,38-39H,3-4,8-9,12,15,17-19,37H2,1-2H3;6-7,18,21-22,31H,1-3,8-17,19H2,4-5H3/t20-,25?,33+;/m0./s1. The average Bonchev–Trinajstić information content (AvgIpc) is 3.93. The number of likely N-dealkylation sites (tertiary alicyclic amines) is 2. The number of hydrogen-bond acceptors (Lipinski definition) is 8. The molecule has 1 aromatic heterocycles. The summed E-state index contributed by atoms with van der Waals surface area (Å²) in [5.74, 6) is -0.787. The second-order valence-corrected chi connectivity index (χ2v) is 21.9. The molecule has 14 heteroatoms. The lowest BCUT2D eigenvalue weighted by molar-refractivity contribution is 0.144. The van der Waals surface area contributed by atoms with Crippen LogP contribution in [0.2, 0.25) is 5.02 Å². The fraction of sp³-hybridized carbons (Fsp3) is 0.459. The molecule has 3 atom stereocenters. The fourth-order valence-corrected chi connectivity index (χ4v) is 12.7. The Morgan fingerprint density at radius 2 is 1.68 bits per heavy atom. The summed E-state index contributed by atoms with van der Waals surface area (Å²) >= 11 is 6.76. The summed E-state index contributed by atoms with van der Waals surface area (Å²) in [6, 6.07) is 17.3. The first-order chi connectivity index (χ1) is 36.1. The molecule has 9 rings (SSSR count). The Labute approximate surface area is 447 Å². The Morgan fingerprint density at radius 1 is 0.947 bits per heavy atom. The molecule has 0 amide bonds. The summed E-state index contributed by atoms with van der Waals surface area (Å²) in [7, 11) is 3.60. The molecule has 402 valence electrons. The van der Waals surface area contributed by atoms with Crippen LogP contribution in [-0.4, -0.2) is 91.6 Å². The molecule has 0 spiro atoms. The third kappa shape index (κ3) is 11.9. The zero-order valence-corrected chi connectivity index (χ0v) is 45.4. The highest BCUT2D eigenvalue weighted by atomic mass is 35.5. The third-order valence-electron chi connectivity index (χ3n) is 16.7. The third-order valence-corrected chi connectivity index (χ3v) is 17.0. The quantitative estimate of drug-likeness (QED) is 0.0646. The maximum absolute atomic E-state index is 16.3. The summed E-state index contributed by atoms with van der Waals surface area (Å²) in [6.07, 6.45) is 12.3. The SMILES string of the molecule is C=C(N)c1ccc(CCC)c(F)c1-c1c(Cl)c(F)cc2c1[C@H](C)[C@@](CNC1CCCNC1)(c1ccccc1)C2.C=CNC(=C)CCN(C)c1nn(C)c2c(F)c(C3CCN(CC4CCN(C=C)CC4)CC3)c(F)cc12. The van der Waals surface area contributed by atoms with Crippen molar-refractivity contribution in [3.8, 4) is 11.1 Å². The molecular weight excluding hydrogens is 970 g/mol. The van der Waals surface area contributed by atoms with Crippen molar-refractivity contribution in [2.45, 2.75) is 101 Å². The minimum atomic E-state index is -0.542. The van der Waals surface area contributed by atoms with Gasteiger partial charge in [0.15, 0.2) is 11.6 Å². The van der Waals surface area contributed by atoms with E-state index in [-0.39, 0.29) is 39.1 Å². The van der Waals surface area contributed by atoms with E-state index in [9.17, 15) is 0 Å². The number of aryl methyl sites for hydroxylation is 2. The first-order valence-corrected chi connectivity index (χ1v) is 27.4. The number of rotatable bonds is 18. The van der Waals surface area contributed by atoms with E-state index in [4.69, 9.17) is 17.3 Å². The highest BCUT2D eigenvalue weighted by Gasteiger charge is 2.48. The normalized spacial score (nSPS) is 20.4. The minimum Gasteiger partial charge on any atom is -0.399 e. The molecule has 1 unspecified atom stereocenters. The minimum absolute atomic E-state index is 0.0658. The second-order valence-electron chi connectivity index (χ2n) is 21.5. The Kier molecular flexibility index (Phi) is 18.2. The van der Waals surface area contributed by atoms with Crippen molar-refractivity contribution in [2.24, 2.45) is 18.7 Å². The molecule has 0 radical (unpaired) electrons. The van der Waals surface area contributed by atoms with Gasteiger partial charge in [-0.15, -0.1) is 0 Å². The van der Waals surface area contributed by atoms with Crippen LogP contribution in [0.4, 0.5) is 23.4 Å². The summed E-state index contributed by atoms with van der Waals surface area (Å²) in [6.45, 7) is 27.8. The van der Waals surface area contributed by atoms with Crippen LogP contribution in [0.3, 0.4) is 0 Å². The van der Waals surface area contributed by atoms with Gasteiger partial charge >= 0.3 is 0 Å². The molecule has 3 fully saturated rings. The maximum Gasteiger partial charge on any atom is 0.158 e. The van der Waals surface area contributed by atoms with Crippen LogP contribution in [0, 0.1) is 29.2 Å². The number of benzene rings is 4. The predicted octanol–water partition coefficient (Wildman–Crippen LogP) is 12.1. The fourth-order valence-electron chi connectivity index (χ4n) is 12.5. The predicted molar refractivity (Wildman–Crippen MR) is 302 cm³/mol. The second kappa shape index (κ2) is 24.6. The lowest BCUT2D eigenvalue weighted by atomic mass is 9.70. The molecule has 3 saturated heterocycles. The number of nitrogens with two attached hydrogens (primary N) is 1. The number of piperidine rings is 3. The highest BCUT2D eigenvalue weighted by Crippen LogP contribution is 2.55. The van der Waals surface area contributed by atoms with Gasteiger partial charge in [0.05, 0.1) is 10.4 Å². The molecule has 4 aromatic carbocycles. The van der Waals surface area contributed by atoms with Gasteiger partial charge in [-0.25, -0.2) is 17.6 Å². The number of nitrogens with zero attached hydrogens (tertiary/aromatic N) is 5. The van der Waals surface area contributed by atoms with E-state index in [1.165, 1.54) is 24.5 Å². The zero-order valence-electron chi connectivity index (χ0n) is 44.6. The van der Waals surface area contributed by atoms with Crippen molar-refractivity contribution in [1.29, 1.82) is 0 Å². The van der Waals surface area contributed by atoms with Gasteiger partial charge in [-0.2, -0.15) is 5.10 Å². The molecular formula is C61H78ClF4N9. The molecule has 0 bridgehead atoms. The van der Waals surface area contributed by atoms with Gasteiger partial charge in [-0.3, -0.25) is 4.68 Å². The Balaban J connectivity index is 0.000000200. The Morgan fingerprint density at radius 3 is 2.33 bits per heavy atom. The number of anilines is 1. The van der Waals surface area contributed by atoms with E-state index in [0.29, 0.717) is 77.7 Å². The molecule has 5 N–H and O–H groups in total. The van der Waals surface area contributed by atoms with E-state index in [1.807, 2.05) is 43.3 Å². The largest absolute Gasteiger partial charge is 0.399 e. The molecule has 5 aromatic rings. The summed E-state index contributed by atoms with van der Waals surface area (Å²) < 4.78 is 64.6. The van der Waals surface area contributed by atoms with Crippen LogP contribution in [0.1, 0.15) is 110 Å². The van der Waals surface area contributed by atoms with Crippen LogP contribution in [0.5, 0.6) is 0 Å². The van der Waals surface area contributed by atoms with Crippen molar-refractivity contribution in [3.63, 3.8) is 0 Å². The number of hydrogen-bond donors (Lipinski definition) is 4. The van der Waals surface area contributed by atoms with Gasteiger partial charge in [-0.1, -0.05) is 101 Å². The van der Waals surface area contributed by atoms with Gasteiger partial charge < -0.3 is 36.4 Å². The Hall–Kier alpha value is -5.60. The van der Waals surface area contributed by atoms with Crippen molar-refractivity contribution in [1.82, 2.24) is 35.5 Å². The van der Waals surface area contributed by atoms with Gasteiger partial charge in [0.2, 0.25) is 0 Å². The summed E-state index contributed by atoms with van der Waals surface area (Å²) in [5, 5.41) is 15.3. The zero-order chi connectivity index (χ0) is 53.6. The van der Waals surface area contributed by atoms with E-state index in [0.717, 1.165) is 94.7 Å². The van der Waals surface area contributed by atoms with E-state index < -0.39 is 23.3 Å². The van der Waals surface area contributed by atoms with E-state index in [2.05, 4.69) is 76.2 Å². The monoisotopic (exact) mass is 1050 g/mol. The summed E-state index contributed by atoms with van der Waals surface area (Å²) in [4.78, 5) is 6.67. The van der Waals surface area contributed by atoms with Crippen molar-refractivity contribution < 1.29 is 17.6 Å². The van der Waals surface area contributed by atoms with E-state index >= 15 is 17.6 Å². The van der Waals surface area contributed by atoms with Gasteiger partial charge in [0.1, 0.15) is 23.0 Å². The lowest BCUT2D eigenvalue weighted by Crippen LogP contribution is -2.49. The van der Waals surface area contributed by atoms with Crippen molar-refractivity contribution >= 4 is 34.0 Å². The number of nitrogens with one attached hydrogen (secondary N) is 3. The average molecular weight is 1050 g/mol. The number of halogens is 5. The topological polar surface area (TPSA) is 89.6 Å². The van der Waals surface area contributed by atoms with Crippen molar-refractivity contribution in [3.05, 3.63) is 161 Å². The molecule has 9 nitrogen and oxygen atoms in total. The van der Waals surface area contributed by atoms with E-state index in [1.54, 1.807) is 36.1 Å². The Bertz CT molecular complexity index is 2840. The maximum atomic E-state index is 16.3. The van der Waals surface area contributed by atoms with Crippen LogP contribution in [0.25, 0.3) is 27.7 Å². The van der Waals surface area contributed by atoms with Crippen molar-refractivity contribution in [2.75, 3.05) is 70.9 Å². The molecule has 3 aliphatic heterocycles. The molecule has 1 aliphatic carbocycles. The van der Waals surface area contributed by atoms with Gasteiger partial charge in [0.25, 0.3) is 0 Å². The molecule has 0 saturated carbocycles. The van der Waals surface area contributed by atoms with Gasteiger partial charge in [0, 0.05) is 105 Å². The lowest BCUT2D eigenvalue weighted by Gasteiger charge is -2.38. The van der Waals surface area contributed by atoms with Crippen LogP contribution >= 0.6 is 11.6 Å². The highest BCUT2D eigenvalue weighted by molar-refractivity contribution is 6.34. The van der Waals surface area contributed by atoms with Crippen LogP contribution in [-0.2, 0) is 25.3 Å². The molecule has 75 heavy (non-hydrogen) atoms. The van der Waals surface area contributed by atoms with Gasteiger partial charge in [-0.05, 0) is 136 Å². The smallest absolute Gasteiger partial charge is 0.158 e. The number of aromatic nitrogens is 2. The molecule has 4 aliphatic rings. The van der Waals surface area contributed by atoms with Crippen LogP contribution in [0.15, 0.2) is 99.0 Å². The number of fused-ring (bicyclic) bond motifs is 2. The first kappa shape index (κ1) is 55.6.